The first-order valence-electron chi connectivity index (χ1n) is 11.8. The zero-order valence-corrected chi connectivity index (χ0v) is 20.5. The lowest BCUT2D eigenvalue weighted by atomic mass is 9.94. The molecule has 37 heavy (non-hydrogen) atoms. The molecule has 0 bridgehead atoms. The van der Waals surface area contributed by atoms with Crippen LogP contribution in [-0.4, -0.2) is 42.8 Å². The number of carboxylic acid groups (broad SMARTS) is 1. The quantitative estimate of drug-likeness (QED) is 0.381. The SMILES string of the molecule is COc1cc(C(c2ccc(C(F)(F)F)cc2)N2CCCC2C(=O)O)cc(OC)c1OCc1ccccc1. The van der Waals surface area contributed by atoms with Crippen molar-refractivity contribution in [3.8, 4) is 17.2 Å². The Labute approximate surface area is 213 Å². The molecule has 1 aliphatic rings. The maximum absolute atomic E-state index is 13.2. The molecule has 9 heteroatoms. The van der Waals surface area contributed by atoms with Gasteiger partial charge in [-0.15, -0.1) is 0 Å². The number of aliphatic carboxylic acids is 1. The van der Waals surface area contributed by atoms with Crippen LogP contribution in [0.15, 0.2) is 66.7 Å². The second-order valence-electron chi connectivity index (χ2n) is 8.79. The van der Waals surface area contributed by atoms with E-state index in [4.69, 9.17) is 14.2 Å². The maximum atomic E-state index is 13.2. The fourth-order valence-corrected chi connectivity index (χ4v) is 4.72. The van der Waals surface area contributed by atoms with Gasteiger partial charge in [0.05, 0.1) is 25.8 Å². The third-order valence-corrected chi connectivity index (χ3v) is 6.49. The predicted octanol–water partition coefficient (Wildman–Crippen LogP) is 5.94. The molecule has 1 fully saturated rings. The van der Waals surface area contributed by atoms with Gasteiger partial charge in [0.1, 0.15) is 12.6 Å². The number of carboxylic acids is 1. The summed E-state index contributed by atoms with van der Waals surface area (Å²) in [6, 6.07) is 16.4. The van der Waals surface area contributed by atoms with Gasteiger partial charge in [-0.3, -0.25) is 9.69 Å². The molecule has 6 nitrogen and oxygen atoms in total. The smallest absolute Gasteiger partial charge is 0.416 e. The molecule has 0 aliphatic carbocycles. The van der Waals surface area contributed by atoms with Gasteiger partial charge in [0.2, 0.25) is 5.75 Å². The molecule has 0 aromatic heterocycles. The van der Waals surface area contributed by atoms with Gasteiger partial charge in [-0.05, 0) is 53.8 Å². The first-order valence-corrected chi connectivity index (χ1v) is 11.8. The van der Waals surface area contributed by atoms with E-state index in [1.807, 2.05) is 30.3 Å². The monoisotopic (exact) mass is 515 g/mol. The number of likely N-dealkylation sites (tertiary alicyclic amines) is 1. The normalized spacial score (nSPS) is 16.8. The molecule has 196 valence electrons. The average molecular weight is 516 g/mol. The predicted molar refractivity (Wildman–Crippen MR) is 131 cm³/mol. The van der Waals surface area contributed by atoms with E-state index in [0.29, 0.717) is 47.8 Å². The molecule has 0 saturated carbocycles. The van der Waals surface area contributed by atoms with Gasteiger partial charge in [0, 0.05) is 6.54 Å². The number of carbonyl (C=O) groups is 1. The van der Waals surface area contributed by atoms with E-state index >= 15 is 0 Å². The van der Waals surface area contributed by atoms with Gasteiger partial charge in [0.15, 0.2) is 11.5 Å². The van der Waals surface area contributed by atoms with E-state index in [-0.39, 0.29) is 6.61 Å². The maximum Gasteiger partial charge on any atom is 0.416 e. The van der Waals surface area contributed by atoms with Gasteiger partial charge < -0.3 is 19.3 Å². The van der Waals surface area contributed by atoms with Crippen LogP contribution in [0.4, 0.5) is 13.2 Å². The standard InChI is InChI=1S/C28H28F3NO5/c1-35-23-15-20(16-24(36-2)26(23)37-17-18-7-4-3-5-8-18)25(32-14-6-9-22(32)27(33)34)19-10-12-21(13-11-19)28(29,30)31/h3-5,7-8,10-13,15-16,22,25H,6,9,14,17H2,1-2H3,(H,33,34). The molecule has 3 aromatic rings. The third-order valence-electron chi connectivity index (χ3n) is 6.49. The van der Waals surface area contributed by atoms with Crippen LogP contribution in [0.25, 0.3) is 0 Å². The van der Waals surface area contributed by atoms with Crippen molar-refractivity contribution in [2.45, 2.75) is 37.7 Å². The lowest BCUT2D eigenvalue weighted by Gasteiger charge is -2.33. The number of benzene rings is 3. The minimum Gasteiger partial charge on any atom is -0.493 e. The highest BCUT2D eigenvalue weighted by Crippen LogP contribution is 2.44. The van der Waals surface area contributed by atoms with Crippen LogP contribution in [0.2, 0.25) is 0 Å². The lowest BCUT2D eigenvalue weighted by Crippen LogP contribution is -2.39. The molecule has 1 heterocycles. The van der Waals surface area contributed by atoms with E-state index in [1.165, 1.54) is 26.4 Å². The Morgan fingerprint density at radius 3 is 2.16 bits per heavy atom. The number of hydrogen-bond donors (Lipinski definition) is 1. The van der Waals surface area contributed by atoms with Crippen molar-refractivity contribution < 1.29 is 37.3 Å². The molecule has 1 saturated heterocycles. The summed E-state index contributed by atoms with van der Waals surface area (Å²) in [4.78, 5) is 13.8. The highest BCUT2D eigenvalue weighted by molar-refractivity contribution is 5.74. The van der Waals surface area contributed by atoms with E-state index in [0.717, 1.165) is 17.7 Å². The van der Waals surface area contributed by atoms with Gasteiger partial charge in [-0.25, -0.2) is 0 Å². The summed E-state index contributed by atoms with van der Waals surface area (Å²) < 4.78 is 56.9. The molecule has 2 atom stereocenters. The summed E-state index contributed by atoms with van der Waals surface area (Å²) in [6.07, 6.45) is -3.38. The van der Waals surface area contributed by atoms with Crippen molar-refractivity contribution in [3.05, 3.63) is 89.0 Å². The largest absolute Gasteiger partial charge is 0.493 e. The van der Waals surface area contributed by atoms with Crippen LogP contribution in [-0.2, 0) is 17.6 Å². The number of halogens is 3. The van der Waals surface area contributed by atoms with Crippen LogP contribution in [0, 0.1) is 0 Å². The zero-order valence-electron chi connectivity index (χ0n) is 20.5. The summed E-state index contributed by atoms with van der Waals surface area (Å²) >= 11 is 0. The van der Waals surface area contributed by atoms with Crippen molar-refractivity contribution in [1.29, 1.82) is 0 Å². The Kier molecular flexibility index (Phi) is 7.92. The average Bonchev–Trinajstić information content (AvgIpc) is 3.37. The first kappa shape index (κ1) is 26.3. The van der Waals surface area contributed by atoms with E-state index < -0.39 is 29.8 Å². The van der Waals surface area contributed by atoms with Gasteiger partial charge >= 0.3 is 12.1 Å². The molecule has 1 N–H and O–H groups in total. The first-order chi connectivity index (χ1) is 17.7. The van der Waals surface area contributed by atoms with Gasteiger partial charge in [-0.2, -0.15) is 13.2 Å². The molecule has 2 unspecified atom stereocenters. The Morgan fingerprint density at radius 1 is 1.00 bits per heavy atom. The topological polar surface area (TPSA) is 68.2 Å². The van der Waals surface area contributed by atoms with Crippen LogP contribution >= 0.6 is 0 Å². The Bertz CT molecular complexity index is 1190. The molecular weight excluding hydrogens is 487 g/mol. The summed E-state index contributed by atoms with van der Waals surface area (Å²) in [5.41, 5.74) is 1.32. The fourth-order valence-electron chi connectivity index (χ4n) is 4.72. The Balaban J connectivity index is 1.77. The molecule has 1 aliphatic heterocycles. The Morgan fingerprint density at radius 2 is 1.62 bits per heavy atom. The lowest BCUT2D eigenvalue weighted by molar-refractivity contribution is -0.142. The second-order valence-corrected chi connectivity index (χ2v) is 8.79. The van der Waals surface area contributed by atoms with Gasteiger partial charge in [0.25, 0.3) is 0 Å². The summed E-state index contributed by atoms with van der Waals surface area (Å²) in [5.74, 6) is 0.137. The summed E-state index contributed by atoms with van der Waals surface area (Å²) in [7, 11) is 2.97. The van der Waals surface area contributed by atoms with Crippen molar-refractivity contribution in [2.75, 3.05) is 20.8 Å². The summed E-state index contributed by atoms with van der Waals surface area (Å²) in [6.45, 7) is 0.738. The zero-order chi connectivity index (χ0) is 26.6. The molecule has 0 radical (unpaired) electrons. The number of alkyl halides is 3. The van der Waals surface area contributed by atoms with Crippen molar-refractivity contribution >= 4 is 5.97 Å². The molecule has 0 amide bonds. The van der Waals surface area contributed by atoms with Gasteiger partial charge in [-0.1, -0.05) is 42.5 Å². The minimum atomic E-state index is -4.48. The third kappa shape index (κ3) is 5.83. The van der Waals surface area contributed by atoms with Crippen LogP contribution < -0.4 is 14.2 Å². The number of rotatable bonds is 9. The molecule has 3 aromatic carbocycles. The van der Waals surface area contributed by atoms with Crippen LogP contribution in [0.1, 0.15) is 41.1 Å². The van der Waals surface area contributed by atoms with Crippen molar-refractivity contribution in [3.63, 3.8) is 0 Å². The highest BCUT2D eigenvalue weighted by Gasteiger charge is 2.38. The van der Waals surface area contributed by atoms with Crippen molar-refractivity contribution in [1.82, 2.24) is 4.90 Å². The number of hydrogen-bond acceptors (Lipinski definition) is 5. The number of methoxy groups -OCH3 is 2. The fraction of sp³-hybridized carbons (Fsp3) is 0.321. The van der Waals surface area contributed by atoms with E-state index in [9.17, 15) is 23.1 Å². The van der Waals surface area contributed by atoms with E-state index in [2.05, 4.69) is 0 Å². The highest BCUT2D eigenvalue weighted by atomic mass is 19.4. The van der Waals surface area contributed by atoms with E-state index in [1.54, 1.807) is 17.0 Å². The van der Waals surface area contributed by atoms with Crippen LogP contribution in [0.5, 0.6) is 17.2 Å². The van der Waals surface area contributed by atoms with Crippen LogP contribution in [0.3, 0.4) is 0 Å². The second kappa shape index (κ2) is 11.1. The minimum absolute atomic E-state index is 0.266. The molecular formula is C28H28F3NO5. The summed E-state index contributed by atoms with van der Waals surface area (Å²) in [5, 5.41) is 9.84. The molecule has 0 spiro atoms. The van der Waals surface area contributed by atoms with Crippen molar-refractivity contribution in [2.24, 2.45) is 0 Å². The molecule has 4 rings (SSSR count). The number of nitrogens with zero attached hydrogens (tertiary/aromatic N) is 1. The Hall–Kier alpha value is -3.72. The number of ether oxygens (including phenoxy) is 3.